The maximum Gasteiger partial charge on any atom is 0.109 e. The Morgan fingerprint density at radius 1 is 1.09 bits per heavy atom. The van der Waals surface area contributed by atoms with E-state index in [4.69, 9.17) is 0 Å². The van der Waals surface area contributed by atoms with E-state index in [0.29, 0.717) is 0 Å². The molecule has 3 heterocycles. The molecule has 0 bridgehead atoms. The van der Waals surface area contributed by atoms with Gasteiger partial charge in [-0.2, -0.15) is 0 Å². The lowest BCUT2D eigenvalue weighted by molar-refractivity contribution is 0.252. The van der Waals surface area contributed by atoms with Gasteiger partial charge in [0.2, 0.25) is 0 Å². The molecule has 1 aliphatic rings. The zero-order chi connectivity index (χ0) is 15.2. The zero-order valence-corrected chi connectivity index (χ0v) is 13.4. The Morgan fingerprint density at radius 3 is 2.73 bits per heavy atom. The van der Waals surface area contributed by atoms with Gasteiger partial charge in [-0.05, 0) is 31.1 Å². The quantitative estimate of drug-likeness (QED) is 0.840. The highest BCUT2D eigenvalue weighted by molar-refractivity contribution is 5.08. The number of hydrogen-bond donors (Lipinski definition) is 0. The summed E-state index contributed by atoms with van der Waals surface area (Å²) >= 11 is 0. The molecule has 3 rings (SSSR count). The minimum Gasteiger partial charge on any atom is -0.338 e. The predicted octanol–water partition coefficient (Wildman–Crippen LogP) is 1.57. The molecule has 0 saturated carbocycles. The van der Waals surface area contributed by atoms with Gasteiger partial charge in [-0.15, -0.1) is 0 Å². The molecule has 0 spiro atoms. The molecule has 0 aromatic carbocycles. The van der Waals surface area contributed by atoms with Gasteiger partial charge in [-0.25, -0.2) is 4.98 Å². The van der Waals surface area contributed by atoms with Crippen LogP contribution in [0.3, 0.4) is 0 Å². The van der Waals surface area contributed by atoms with Gasteiger partial charge in [-0.3, -0.25) is 9.88 Å². The maximum absolute atomic E-state index is 4.41. The van der Waals surface area contributed by atoms with Crippen LogP contribution in [-0.4, -0.2) is 57.1 Å². The monoisotopic (exact) mass is 299 g/mol. The number of aromatic nitrogens is 3. The van der Waals surface area contributed by atoms with E-state index in [1.54, 1.807) is 0 Å². The zero-order valence-electron chi connectivity index (χ0n) is 13.4. The van der Waals surface area contributed by atoms with Crippen LogP contribution in [0, 0.1) is 0 Å². The third kappa shape index (κ3) is 4.15. The Bertz CT molecular complexity index is 565. The smallest absolute Gasteiger partial charge is 0.109 e. The van der Waals surface area contributed by atoms with Crippen molar-refractivity contribution >= 4 is 0 Å². The topological polar surface area (TPSA) is 37.2 Å². The molecule has 0 N–H and O–H groups in total. The van der Waals surface area contributed by atoms with E-state index in [0.717, 1.165) is 32.6 Å². The Kier molecular flexibility index (Phi) is 5.19. The summed E-state index contributed by atoms with van der Waals surface area (Å²) in [6.07, 6.45) is 9.99. The summed E-state index contributed by atoms with van der Waals surface area (Å²) in [4.78, 5) is 13.7. The van der Waals surface area contributed by atoms with Crippen molar-refractivity contribution in [1.29, 1.82) is 0 Å². The number of hydrogen-bond acceptors (Lipinski definition) is 4. The first-order valence-corrected chi connectivity index (χ1v) is 8.11. The molecule has 0 aliphatic carbocycles. The normalized spacial score (nSPS) is 17.5. The molecule has 1 fully saturated rings. The Morgan fingerprint density at radius 2 is 1.95 bits per heavy atom. The van der Waals surface area contributed by atoms with Crippen LogP contribution in [-0.2, 0) is 20.0 Å². The lowest BCUT2D eigenvalue weighted by atomic mass is 10.2. The van der Waals surface area contributed by atoms with Gasteiger partial charge in [0.1, 0.15) is 5.82 Å². The molecule has 0 unspecified atom stereocenters. The third-order valence-electron chi connectivity index (χ3n) is 4.38. The van der Waals surface area contributed by atoms with Gasteiger partial charge < -0.3 is 9.47 Å². The molecular formula is C17H25N5. The summed E-state index contributed by atoms with van der Waals surface area (Å²) in [7, 11) is 2.07. The van der Waals surface area contributed by atoms with Crippen molar-refractivity contribution in [1.82, 2.24) is 24.3 Å². The third-order valence-corrected chi connectivity index (χ3v) is 4.38. The number of pyridine rings is 1. The second-order valence-corrected chi connectivity index (χ2v) is 6.04. The van der Waals surface area contributed by atoms with Crippen molar-refractivity contribution in [3.05, 3.63) is 48.3 Å². The van der Waals surface area contributed by atoms with E-state index in [-0.39, 0.29) is 0 Å². The van der Waals surface area contributed by atoms with Crippen molar-refractivity contribution in [2.75, 3.05) is 32.7 Å². The maximum atomic E-state index is 4.41. The molecule has 1 aliphatic heterocycles. The largest absolute Gasteiger partial charge is 0.338 e. The standard InChI is InChI=1S/C17H25N5/c1-20-11-7-19-17(20)5-10-21-8-3-9-22(13-12-21)15-16-4-2-6-18-14-16/h2,4,6-7,11,14H,3,5,8-10,12-13,15H2,1H3. The summed E-state index contributed by atoms with van der Waals surface area (Å²) in [6.45, 7) is 6.76. The highest BCUT2D eigenvalue weighted by Gasteiger charge is 2.15. The summed E-state index contributed by atoms with van der Waals surface area (Å²) in [5.74, 6) is 1.18. The van der Waals surface area contributed by atoms with Gasteiger partial charge in [0.25, 0.3) is 0 Å². The SMILES string of the molecule is Cn1ccnc1CCN1CCCN(Cc2cccnc2)CC1. The van der Waals surface area contributed by atoms with Gasteiger partial charge in [-0.1, -0.05) is 6.07 Å². The van der Waals surface area contributed by atoms with Gasteiger partial charge in [0.05, 0.1) is 0 Å². The first-order chi connectivity index (χ1) is 10.8. The minimum atomic E-state index is 1.01. The van der Waals surface area contributed by atoms with E-state index < -0.39 is 0 Å². The second-order valence-electron chi connectivity index (χ2n) is 6.04. The van der Waals surface area contributed by atoms with Crippen molar-refractivity contribution in [3.63, 3.8) is 0 Å². The molecular weight excluding hydrogens is 274 g/mol. The van der Waals surface area contributed by atoms with Crippen LogP contribution in [0.4, 0.5) is 0 Å². The first-order valence-electron chi connectivity index (χ1n) is 8.11. The summed E-state index contributed by atoms with van der Waals surface area (Å²) < 4.78 is 2.12. The van der Waals surface area contributed by atoms with E-state index >= 15 is 0 Å². The molecule has 5 heteroatoms. The molecule has 5 nitrogen and oxygen atoms in total. The number of rotatable bonds is 5. The lowest BCUT2D eigenvalue weighted by Crippen LogP contribution is -2.32. The highest BCUT2D eigenvalue weighted by Crippen LogP contribution is 2.09. The van der Waals surface area contributed by atoms with Crippen LogP contribution in [0.5, 0.6) is 0 Å². The molecule has 2 aromatic heterocycles. The summed E-state index contributed by atoms with van der Waals surface area (Å²) in [5.41, 5.74) is 1.31. The highest BCUT2D eigenvalue weighted by atomic mass is 15.2. The van der Waals surface area contributed by atoms with Crippen LogP contribution in [0.1, 0.15) is 17.8 Å². The van der Waals surface area contributed by atoms with Crippen molar-refractivity contribution < 1.29 is 0 Å². The van der Waals surface area contributed by atoms with E-state index in [1.807, 2.05) is 30.9 Å². The van der Waals surface area contributed by atoms with Gasteiger partial charge >= 0.3 is 0 Å². The first kappa shape index (κ1) is 15.2. The van der Waals surface area contributed by atoms with Crippen LogP contribution < -0.4 is 0 Å². The molecule has 2 aromatic rings. The van der Waals surface area contributed by atoms with E-state index in [1.165, 1.54) is 30.9 Å². The predicted molar refractivity (Wildman–Crippen MR) is 87.5 cm³/mol. The summed E-state index contributed by atoms with van der Waals surface area (Å²) in [5, 5.41) is 0. The van der Waals surface area contributed by atoms with Crippen molar-refractivity contribution in [2.24, 2.45) is 7.05 Å². The van der Waals surface area contributed by atoms with Crippen molar-refractivity contribution in [3.8, 4) is 0 Å². The fourth-order valence-corrected chi connectivity index (χ4v) is 3.05. The Balaban J connectivity index is 1.46. The number of imidazole rings is 1. The average Bonchev–Trinajstić information content (AvgIpc) is 2.81. The van der Waals surface area contributed by atoms with Gasteiger partial charge in [0.15, 0.2) is 0 Å². The number of aryl methyl sites for hydroxylation is 1. The molecule has 22 heavy (non-hydrogen) atoms. The van der Waals surface area contributed by atoms with Crippen LogP contribution in [0.2, 0.25) is 0 Å². The van der Waals surface area contributed by atoms with Gasteiger partial charge in [0, 0.05) is 64.4 Å². The number of nitrogens with zero attached hydrogens (tertiary/aromatic N) is 5. The fourth-order valence-electron chi connectivity index (χ4n) is 3.05. The molecule has 118 valence electrons. The van der Waals surface area contributed by atoms with Crippen LogP contribution >= 0.6 is 0 Å². The average molecular weight is 299 g/mol. The van der Waals surface area contributed by atoms with E-state index in [2.05, 4.69) is 37.4 Å². The van der Waals surface area contributed by atoms with Crippen LogP contribution in [0.15, 0.2) is 36.9 Å². The van der Waals surface area contributed by atoms with Crippen LogP contribution in [0.25, 0.3) is 0 Å². The summed E-state index contributed by atoms with van der Waals surface area (Å²) in [6, 6.07) is 4.18. The second kappa shape index (κ2) is 7.51. The molecule has 1 saturated heterocycles. The molecule has 0 amide bonds. The fraction of sp³-hybridized carbons (Fsp3) is 0.529. The molecule has 0 atom stereocenters. The lowest BCUT2D eigenvalue weighted by Gasteiger charge is -2.21. The molecule has 0 radical (unpaired) electrons. The Labute approximate surface area is 132 Å². The van der Waals surface area contributed by atoms with E-state index in [9.17, 15) is 0 Å². The minimum absolute atomic E-state index is 1.01. The van der Waals surface area contributed by atoms with Crippen molar-refractivity contribution in [2.45, 2.75) is 19.4 Å². The Hall–Kier alpha value is -1.72.